The zero-order chi connectivity index (χ0) is 18.0. The van der Waals surface area contributed by atoms with E-state index in [4.69, 9.17) is 0 Å². The molecule has 1 N–H and O–H groups in total. The second-order valence-corrected chi connectivity index (χ2v) is 7.55. The van der Waals surface area contributed by atoms with Gasteiger partial charge in [-0.25, -0.2) is 0 Å². The topological polar surface area (TPSA) is 52.7 Å². The SMILES string of the molecule is Cc1cc(C)cc(C(=O)N2CCCC(C(=O)N3CCNC[C@@H]3C)C2)c1. The summed E-state index contributed by atoms with van der Waals surface area (Å²) < 4.78 is 0. The van der Waals surface area contributed by atoms with Crippen LogP contribution in [0.3, 0.4) is 0 Å². The van der Waals surface area contributed by atoms with E-state index in [-0.39, 0.29) is 23.8 Å². The summed E-state index contributed by atoms with van der Waals surface area (Å²) in [5.41, 5.74) is 2.94. The van der Waals surface area contributed by atoms with Gasteiger partial charge in [-0.3, -0.25) is 9.59 Å². The van der Waals surface area contributed by atoms with Crippen LogP contribution < -0.4 is 5.32 Å². The van der Waals surface area contributed by atoms with Crippen LogP contribution in [0.4, 0.5) is 0 Å². The number of hydrogen-bond acceptors (Lipinski definition) is 3. The summed E-state index contributed by atoms with van der Waals surface area (Å²) in [6.45, 7) is 9.87. The molecule has 1 aromatic carbocycles. The van der Waals surface area contributed by atoms with Crippen molar-refractivity contribution in [3.8, 4) is 0 Å². The maximum absolute atomic E-state index is 12.9. The average molecular weight is 343 g/mol. The molecule has 3 rings (SSSR count). The summed E-state index contributed by atoms with van der Waals surface area (Å²) in [7, 11) is 0. The van der Waals surface area contributed by atoms with Crippen molar-refractivity contribution in [2.24, 2.45) is 5.92 Å². The number of nitrogens with one attached hydrogen (secondary N) is 1. The largest absolute Gasteiger partial charge is 0.338 e. The third-order valence-electron chi connectivity index (χ3n) is 5.31. The first-order valence-electron chi connectivity index (χ1n) is 9.34. The van der Waals surface area contributed by atoms with Crippen LogP contribution >= 0.6 is 0 Å². The number of piperidine rings is 1. The van der Waals surface area contributed by atoms with Gasteiger partial charge < -0.3 is 15.1 Å². The van der Waals surface area contributed by atoms with E-state index < -0.39 is 0 Å². The molecular weight excluding hydrogens is 314 g/mol. The van der Waals surface area contributed by atoms with Crippen LogP contribution in [0.2, 0.25) is 0 Å². The zero-order valence-corrected chi connectivity index (χ0v) is 15.5. The van der Waals surface area contributed by atoms with Gasteiger partial charge in [-0.15, -0.1) is 0 Å². The van der Waals surface area contributed by atoms with Crippen LogP contribution in [0.1, 0.15) is 41.3 Å². The Kier molecular flexibility index (Phi) is 5.42. The summed E-state index contributed by atoms with van der Waals surface area (Å²) >= 11 is 0. The van der Waals surface area contributed by atoms with Crippen molar-refractivity contribution in [1.82, 2.24) is 15.1 Å². The third-order valence-corrected chi connectivity index (χ3v) is 5.31. The fourth-order valence-corrected chi connectivity index (χ4v) is 4.05. The number of aryl methyl sites for hydroxylation is 2. The van der Waals surface area contributed by atoms with Gasteiger partial charge >= 0.3 is 0 Å². The Morgan fingerprint density at radius 1 is 1.12 bits per heavy atom. The van der Waals surface area contributed by atoms with Crippen molar-refractivity contribution >= 4 is 11.8 Å². The van der Waals surface area contributed by atoms with Crippen LogP contribution in [0.25, 0.3) is 0 Å². The second-order valence-electron chi connectivity index (χ2n) is 7.55. The third kappa shape index (κ3) is 4.03. The quantitative estimate of drug-likeness (QED) is 0.893. The van der Waals surface area contributed by atoms with Crippen molar-refractivity contribution in [3.05, 3.63) is 34.9 Å². The lowest BCUT2D eigenvalue weighted by molar-refractivity contribution is -0.139. The molecule has 2 amide bonds. The smallest absolute Gasteiger partial charge is 0.253 e. The number of nitrogens with zero attached hydrogens (tertiary/aromatic N) is 2. The van der Waals surface area contributed by atoms with E-state index in [0.29, 0.717) is 6.54 Å². The molecule has 0 aromatic heterocycles. The lowest BCUT2D eigenvalue weighted by Crippen LogP contribution is -2.55. The number of benzene rings is 1. The van der Waals surface area contributed by atoms with Gasteiger partial charge in [0.15, 0.2) is 0 Å². The van der Waals surface area contributed by atoms with Gasteiger partial charge in [0.25, 0.3) is 5.91 Å². The molecule has 5 heteroatoms. The van der Waals surface area contributed by atoms with Gasteiger partial charge in [0.1, 0.15) is 0 Å². The molecule has 1 unspecified atom stereocenters. The molecule has 136 valence electrons. The second kappa shape index (κ2) is 7.56. The van der Waals surface area contributed by atoms with Gasteiger partial charge in [0.05, 0.1) is 5.92 Å². The lowest BCUT2D eigenvalue weighted by atomic mass is 9.94. The summed E-state index contributed by atoms with van der Waals surface area (Å²) in [5.74, 6) is 0.203. The summed E-state index contributed by atoms with van der Waals surface area (Å²) in [5, 5.41) is 3.32. The minimum Gasteiger partial charge on any atom is -0.338 e. The van der Waals surface area contributed by atoms with Crippen LogP contribution in [-0.4, -0.2) is 60.4 Å². The Labute approximate surface area is 150 Å². The summed E-state index contributed by atoms with van der Waals surface area (Å²) in [6.07, 6.45) is 1.78. The standard InChI is InChI=1S/C20H29N3O2/c1-14-9-15(2)11-18(10-14)19(24)22-7-4-5-17(13-22)20(25)23-8-6-21-12-16(23)3/h9-11,16-17,21H,4-8,12-13H2,1-3H3/t16-,17?/m0/s1. The van der Waals surface area contributed by atoms with Gasteiger partial charge in [-0.2, -0.15) is 0 Å². The highest BCUT2D eigenvalue weighted by molar-refractivity contribution is 5.95. The Morgan fingerprint density at radius 3 is 2.52 bits per heavy atom. The van der Waals surface area contributed by atoms with Gasteiger partial charge in [-0.05, 0) is 45.7 Å². The van der Waals surface area contributed by atoms with E-state index in [0.717, 1.165) is 55.7 Å². The highest BCUT2D eigenvalue weighted by atomic mass is 16.2. The summed E-state index contributed by atoms with van der Waals surface area (Å²) in [6, 6.07) is 6.19. The van der Waals surface area contributed by atoms with Crippen molar-refractivity contribution in [3.63, 3.8) is 0 Å². The average Bonchev–Trinajstić information content (AvgIpc) is 2.60. The number of rotatable bonds is 2. The first-order valence-corrected chi connectivity index (χ1v) is 9.34. The highest BCUT2D eigenvalue weighted by Gasteiger charge is 2.34. The van der Waals surface area contributed by atoms with Crippen LogP contribution in [0.15, 0.2) is 18.2 Å². The van der Waals surface area contributed by atoms with Gasteiger partial charge in [-0.1, -0.05) is 17.2 Å². The van der Waals surface area contributed by atoms with E-state index in [1.807, 2.05) is 35.8 Å². The maximum atomic E-state index is 12.9. The molecule has 0 radical (unpaired) electrons. The minimum atomic E-state index is -0.0656. The fourth-order valence-electron chi connectivity index (χ4n) is 4.05. The molecule has 0 bridgehead atoms. The first-order chi connectivity index (χ1) is 12.0. The number of hydrogen-bond donors (Lipinski definition) is 1. The van der Waals surface area contributed by atoms with Gasteiger partial charge in [0, 0.05) is 44.3 Å². The molecule has 2 aliphatic heterocycles. The Balaban J connectivity index is 1.70. The van der Waals surface area contributed by atoms with E-state index in [1.165, 1.54) is 0 Å². The van der Waals surface area contributed by atoms with E-state index in [9.17, 15) is 9.59 Å². The van der Waals surface area contributed by atoms with E-state index in [2.05, 4.69) is 18.3 Å². The molecule has 2 heterocycles. The molecule has 2 aliphatic rings. The molecular formula is C20H29N3O2. The molecule has 0 saturated carbocycles. The van der Waals surface area contributed by atoms with Crippen LogP contribution in [-0.2, 0) is 4.79 Å². The molecule has 25 heavy (non-hydrogen) atoms. The zero-order valence-electron chi connectivity index (χ0n) is 15.5. The highest BCUT2D eigenvalue weighted by Crippen LogP contribution is 2.22. The van der Waals surface area contributed by atoms with Crippen molar-refractivity contribution in [1.29, 1.82) is 0 Å². The Bertz CT molecular complexity index is 638. The molecule has 2 fully saturated rings. The van der Waals surface area contributed by atoms with Crippen LogP contribution in [0.5, 0.6) is 0 Å². The molecule has 1 aromatic rings. The van der Waals surface area contributed by atoms with Crippen molar-refractivity contribution < 1.29 is 9.59 Å². The monoisotopic (exact) mass is 343 g/mol. The minimum absolute atomic E-state index is 0.0534. The molecule has 5 nitrogen and oxygen atoms in total. The number of piperazine rings is 1. The normalized spacial score (nSPS) is 24.3. The number of carbonyl (C=O) groups is 2. The molecule has 0 spiro atoms. The molecule has 2 atom stereocenters. The predicted molar refractivity (Wildman–Crippen MR) is 98.6 cm³/mol. The number of likely N-dealkylation sites (tertiary alicyclic amines) is 1. The number of carbonyl (C=O) groups excluding carboxylic acids is 2. The number of amides is 2. The predicted octanol–water partition coefficient (Wildman–Crippen LogP) is 1.98. The van der Waals surface area contributed by atoms with E-state index >= 15 is 0 Å². The van der Waals surface area contributed by atoms with E-state index in [1.54, 1.807) is 0 Å². The Morgan fingerprint density at radius 2 is 1.84 bits per heavy atom. The first kappa shape index (κ1) is 17.9. The van der Waals surface area contributed by atoms with Crippen molar-refractivity contribution in [2.45, 2.75) is 39.7 Å². The molecule has 2 saturated heterocycles. The molecule has 0 aliphatic carbocycles. The lowest BCUT2D eigenvalue weighted by Gasteiger charge is -2.39. The van der Waals surface area contributed by atoms with Gasteiger partial charge in [0.2, 0.25) is 5.91 Å². The van der Waals surface area contributed by atoms with Crippen molar-refractivity contribution in [2.75, 3.05) is 32.7 Å². The maximum Gasteiger partial charge on any atom is 0.253 e. The Hall–Kier alpha value is -1.88. The summed E-state index contributed by atoms with van der Waals surface area (Å²) in [4.78, 5) is 29.7. The van der Waals surface area contributed by atoms with Crippen LogP contribution in [0, 0.1) is 19.8 Å². The fraction of sp³-hybridized carbons (Fsp3) is 0.600.